The number of imide groups is 1. The van der Waals surface area contributed by atoms with Crippen molar-refractivity contribution in [2.75, 3.05) is 4.90 Å². The van der Waals surface area contributed by atoms with Crippen molar-refractivity contribution >= 4 is 38.7 Å². The number of thiophene rings is 1. The zero-order chi connectivity index (χ0) is 19.0. The molecule has 2 aromatic carbocycles. The normalized spacial score (nSPS) is 14.3. The number of hydrogen-bond donors (Lipinski definition) is 0. The second-order valence-corrected chi connectivity index (χ2v) is 9.20. The highest BCUT2D eigenvalue weighted by Crippen LogP contribution is 2.30. The van der Waals surface area contributed by atoms with Crippen molar-refractivity contribution in [2.24, 2.45) is 0 Å². The van der Waals surface area contributed by atoms with Crippen LogP contribution in [0.1, 0.15) is 20.8 Å². The maximum Gasteiger partial charge on any atom is 0.266 e. The monoisotopic (exact) mass is 397 g/mol. The molecule has 1 aliphatic heterocycles. The lowest BCUT2D eigenvalue weighted by Crippen LogP contribution is -2.41. The number of anilines is 1. The third kappa shape index (κ3) is 3.31. The molecule has 4 rings (SSSR count). The topological polar surface area (TPSA) is 71.5 Å². The fourth-order valence-electron chi connectivity index (χ4n) is 3.07. The molecule has 0 bridgehead atoms. The minimum Gasteiger partial charge on any atom is -0.274 e. The maximum atomic E-state index is 12.8. The molecule has 0 unspecified atom stereocenters. The molecule has 3 aromatic rings. The van der Waals surface area contributed by atoms with E-state index >= 15 is 0 Å². The fraction of sp³-hybridized carbons (Fsp3) is 0.100. The Balaban J connectivity index is 1.69. The number of hydrogen-bond acceptors (Lipinski definition) is 5. The maximum absolute atomic E-state index is 12.8. The molecule has 7 heteroatoms. The SMILES string of the molecule is O=C1Cc2sccc2C(=O)N1c1cccc(S(=O)(=O)Cc2ccccc2)c1. The van der Waals surface area contributed by atoms with E-state index in [4.69, 9.17) is 0 Å². The van der Waals surface area contributed by atoms with Crippen molar-refractivity contribution in [3.63, 3.8) is 0 Å². The van der Waals surface area contributed by atoms with Crippen LogP contribution < -0.4 is 4.90 Å². The zero-order valence-corrected chi connectivity index (χ0v) is 15.8. The highest BCUT2D eigenvalue weighted by molar-refractivity contribution is 7.90. The smallest absolute Gasteiger partial charge is 0.266 e. The summed E-state index contributed by atoms with van der Waals surface area (Å²) >= 11 is 1.37. The van der Waals surface area contributed by atoms with Gasteiger partial charge in [0.2, 0.25) is 5.91 Å². The first kappa shape index (κ1) is 17.6. The lowest BCUT2D eigenvalue weighted by Gasteiger charge is -2.25. The Labute approximate surface area is 160 Å². The van der Waals surface area contributed by atoms with Crippen molar-refractivity contribution in [1.29, 1.82) is 0 Å². The van der Waals surface area contributed by atoms with E-state index in [0.29, 0.717) is 11.1 Å². The number of nitrogens with zero attached hydrogens (tertiary/aromatic N) is 1. The van der Waals surface area contributed by atoms with Crippen LogP contribution in [-0.4, -0.2) is 20.2 Å². The van der Waals surface area contributed by atoms with Gasteiger partial charge in [-0.15, -0.1) is 11.3 Å². The van der Waals surface area contributed by atoms with Gasteiger partial charge in [0.05, 0.1) is 28.3 Å². The van der Waals surface area contributed by atoms with Gasteiger partial charge in [0.25, 0.3) is 5.91 Å². The first-order valence-corrected chi connectivity index (χ1v) is 10.8. The van der Waals surface area contributed by atoms with Gasteiger partial charge in [-0.25, -0.2) is 13.3 Å². The molecule has 1 aliphatic rings. The van der Waals surface area contributed by atoms with Crippen LogP contribution in [0.3, 0.4) is 0 Å². The van der Waals surface area contributed by atoms with Crippen LogP contribution in [-0.2, 0) is 26.8 Å². The molecule has 0 N–H and O–H groups in total. The number of fused-ring (bicyclic) bond motifs is 1. The molecule has 1 aromatic heterocycles. The number of carbonyl (C=O) groups excluding carboxylic acids is 2. The molecule has 0 radical (unpaired) electrons. The summed E-state index contributed by atoms with van der Waals surface area (Å²) in [6.07, 6.45) is 0.139. The zero-order valence-electron chi connectivity index (χ0n) is 14.2. The van der Waals surface area contributed by atoms with E-state index in [2.05, 4.69) is 0 Å². The van der Waals surface area contributed by atoms with Gasteiger partial charge < -0.3 is 0 Å². The van der Waals surface area contributed by atoms with Gasteiger partial charge in [-0.3, -0.25) is 9.59 Å². The summed E-state index contributed by atoms with van der Waals surface area (Å²) in [6, 6.07) is 16.6. The van der Waals surface area contributed by atoms with Crippen LogP contribution in [0, 0.1) is 0 Å². The highest BCUT2D eigenvalue weighted by Gasteiger charge is 2.33. The van der Waals surface area contributed by atoms with E-state index < -0.39 is 15.7 Å². The molecule has 5 nitrogen and oxygen atoms in total. The number of benzene rings is 2. The predicted molar refractivity (Wildman–Crippen MR) is 104 cm³/mol. The number of carbonyl (C=O) groups is 2. The molecular formula is C20H15NO4S2. The summed E-state index contributed by atoms with van der Waals surface area (Å²) in [5, 5.41) is 1.78. The van der Waals surface area contributed by atoms with Crippen molar-refractivity contribution < 1.29 is 18.0 Å². The van der Waals surface area contributed by atoms with Crippen LogP contribution in [0.15, 0.2) is 70.9 Å². The first-order chi connectivity index (χ1) is 13.0. The van der Waals surface area contributed by atoms with E-state index in [1.807, 2.05) is 6.07 Å². The summed E-state index contributed by atoms with van der Waals surface area (Å²) in [5.74, 6) is -0.916. The molecule has 2 heterocycles. The van der Waals surface area contributed by atoms with Gasteiger partial charge in [0, 0.05) is 4.88 Å². The predicted octanol–water partition coefficient (Wildman–Crippen LogP) is 3.45. The van der Waals surface area contributed by atoms with Gasteiger partial charge in [-0.1, -0.05) is 36.4 Å². The molecule has 0 fully saturated rings. The van der Waals surface area contributed by atoms with Crippen LogP contribution in [0.2, 0.25) is 0 Å². The van der Waals surface area contributed by atoms with E-state index in [1.165, 1.54) is 23.5 Å². The Morgan fingerprint density at radius 3 is 2.52 bits per heavy atom. The van der Waals surface area contributed by atoms with Crippen LogP contribution in [0.4, 0.5) is 5.69 Å². The summed E-state index contributed by atoms with van der Waals surface area (Å²) in [7, 11) is -3.61. The third-order valence-corrected chi connectivity index (χ3v) is 6.98. The van der Waals surface area contributed by atoms with E-state index in [1.54, 1.807) is 47.8 Å². The largest absolute Gasteiger partial charge is 0.274 e. The Bertz CT molecular complexity index is 1130. The minimum atomic E-state index is -3.61. The molecule has 0 spiro atoms. The Morgan fingerprint density at radius 1 is 0.963 bits per heavy atom. The molecule has 2 amide bonds. The van der Waals surface area contributed by atoms with Crippen molar-refractivity contribution in [3.8, 4) is 0 Å². The van der Waals surface area contributed by atoms with Crippen LogP contribution in [0.5, 0.6) is 0 Å². The Kier molecular flexibility index (Phi) is 4.41. The Morgan fingerprint density at radius 2 is 1.74 bits per heavy atom. The summed E-state index contributed by atoms with van der Waals surface area (Å²) in [5.41, 5.74) is 1.45. The van der Waals surface area contributed by atoms with Crippen LogP contribution in [0.25, 0.3) is 0 Å². The van der Waals surface area contributed by atoms with E-state index in [0.717, 1.165) is 9.78 Å². The average Bonchev–Trinajstić information content (AvgIpc) is 3.11. The molecule has 0 aliphatic carbocycles. The fourth-order valence-corrected chi connectivity index (χ4v) is 5.31. The minimum absolute atomic E-state index is 0.0839. The molecule has 0 saturated heterocycles. The van der Waals surface area contributed by atoms with Gasteiger partial charge in [0.15, 0.2) is 9.84 Å². The molecule has 0 atom stereocenters. The molecule has 136 valence electrons. The van der Waals surface area contributed by atoms with Gasteiger partial charge in [0.1, 0.15) is 0 Å². The van der Waals surface area contributed by atoms with Gasteiger partial charge in [-0.2, -0.15) is 0 Å². The summed E-state index contributed by atoms with van der Waals surface area (Å²) in [6.45, 7) is 0. The second kappa shape index (κ2) is 6.75. The second-order valence-electron chi connectivity index (χ2n) is 6.21. The quantitative estimate of drug-likeness (QED) is 0.632. The number of rotatable bonds is 4. The van der Waals surface area contributed by atoms with Crippen LogP contribution >= 0.6 is 11.3 Å². The third-order valence-electron chi connectivity index (χ3n) is 4.37. The summed E-state index contributed by atoms with van der Waals surface area (Å²) in [4.78, 5) is 27.1. The molecule has 0 saturated carbocycles. The molecule has 27 heavy (non-hydrogen) atoms. The van der Waals surface area contributed by atoms with Crippen molar-refractivity contribution in [3.05, 3.63) is 82.0 Å². The summed E-state index contributed by atoms with van der Waals surface area (Å²) < 4.78 is 25.5. The number of sulfone groups is 1. The standard InChI is InChI=1S/C20H15NO4S2/c22-19-12-18-17(9-10-26-18)20(23)21(19)15-7-4-8-16(11-15)27(24,25)13-14-5-2-1-3-6-14/h1-11H,12-13H2. The Hall–Kier alpha value is -2.77. The van der Waals surface area contributed by atoms with E-state index in [9.17, 15) is 18.0 Å². The highest BCUT2D eigenvalue weighted by atomic mass is 32.2. The average molecular weight is 397 g/mol. The van der Waals surface area contributed by atoms with Crippen molar-refractivity contribution in [1.82, 2.24) is 0 Å². The lowest BCUT2D eigenvalue weighted by atomic mass is 10.1. The van der Waals surface area contributed by atoms with E-state index in [-0.39, 0.29) is 28.7 Å². The first-order valence-electron chi connectivity index (χ1n) is 8.26. The number of amides is 2. The van der Waals surface area contributed by atoms with Gasteiger partial charge >= 0.3 is 0 Å². The molecular weight excluding hydrogens is 382 g/mol. The van der Waals surface area contributed by atoms with Gasteiger partial charge in [-0.05, 0) is 35.2 Å². The van der Waals surface area contributed by atoms with Crippen molar-refractivity contribution in [2.45, 2.75) is 17.1 Å². The lowest BCUT2D eigenvalue weighted by molar-refractivity contribution is -0.117.